The average Bonchev–Trinajstić information content (AvgIpc) is 1.57. The molecule has 0 atom stereocenters. The molecule has 0 fully saturated rings. The third kappa shape index (κ3) is 14.3. The van der Waals surface area contributed by atoms with E-state index >= 15 is 0 Å². The summed E-state index contributed by atoms with van der Waals surface area (Å²) in [6, 6.07) is 172. The molecule has 130 heavy (non-hydrogen) atoms. The van der Waals surface area contributed by atoms with Gasteiger partial charge in [0.15, 0.2) is 0 Å². The topological polar surface area (TPSA) is 32.8 Å². The Morgan fingerprint density at radius 2 is 0.392 bits per heavy atom. The Balaban J connectivity index is 0.000000148. The first-order valence-corrected chi connectivity index (χ1v) is 45.0. The van der Waals surface area contributed by atoms with Gasteiger partial charge in [0.25, 0.3) is 0 Å². The van der Waals surface area contributed by atoms with E-state index in [1.165, 1.54) is 150 Å². The minimum atomic E-state index is -0.240. The van der Waals surface area contributed by atoms with Gasteiger partial charge in [0.1, 0.15) is 22.3 Å². The maximum absolute atomic E-state index is 6.50. The SMILES string of the molecule is CC1(C)c2cc(-c3ccc4oc5ccccc5c4c3)ccc2-c2ccc(N(c3ccc(-c4ccc(-c5ccccc5)cc4)cc3)c3ccc(-c4ccc(-c5ccccc5)cc4)cc3)cc21.CC1(C)c2cc(-c3cccc4c3oc3ccccc34)ccc2-c2ccc(N(c3ccc(-c4ccc(-c5ccccc5)cc4)cc3)c3ccc(-c4ccc(-c5ccccc5)cc4)cc3)cc21. The van der Waals surface area contributed by atoms with E-state index in [0.29, 0.717) is 0 Å². The number of para-hydroxylation sites is 3. The second kappa shape index (κ2) is 32.5. The Labute approximate surface area is 758 Å². The molecule has 2 aliphatic carbocycles. The number of nitrogens with zero attached hydrogens (tertiary/aromatic N) is 2. The number of anilines is 6. The zero-order chi connectivity index (χ0) is 87.0. The van der Waals surface area contributed by atoms with Crippen molar-refractivity contribution in [1.29, 1.82) is 0 Å². The summed E-state index contributed by atoms with van der Waals surface area (Å²) in [5.41, 5.74) is 44.3. The van der Waals surface area contributed by atoms with Gasteiger partial charge in [-0.25, -0.2) is 0 Å². The molecule has 4 nitrogen and oxygen atoms in total. The van der Waals surface area contributed by atoms with E-state index in [-0.39, 0.29) is 10.8 Å². The van der Waals surface area contributed by atoms with Crippen molar-refractivity contribution in [1.82, 2.24) is 0 Å². The van der Waals surface area contributed by atoms with Gasteiger partial charge in [-0.2, -0.15) is 0 Å². The highest BCUT2D eigenvalue weighted by molar-refractivity contribution is 6.10. The molecule has 2 heterocycles. The molecule has 0 radical (unpaired) electrons. The van der Waals surface area contributed by atoms with Crippen molar-refractivity contribution in [3.8, 4) is 134 Å². The van der Waals surface area contributed by atoms with Crippen LogP contribution >= 0.6 is 0 Å². The van der Waals surface area contributed by atoms with Crippen LogP contribution in [0.4, 0.5) is 34.1 Å². The zero-order valence-corrected chi connectivity index (χ0v) is 72.7. The van der Waals surface area contributed by atoms with Gasteiger partial charge in [-0.1, -0.05) is 392 Å². The number of furan rings is 2. The standard InChI is InChI=1S/2C63H45NO/c1-63(2)59-40-50(54-17-11-18-58-57-16-9-10-19-61(57)65-62(54)58)32-38-55(59)56-39-37-53(41-60(56)63)64(51-33-28-48(29-34-51)46-24-20-44(21-25-46)42-12-5-3-6-13-42)52-35-30-49(31-36-52)47-26-22-45(23-27-47)43-14-7-4-8-15-43;1-63(2)59-40-51(50-30-38-62-58(39-50)57-15-9-10-16-61(57)65-62)29-36-55(59)56-37-35-54(41-60(56)63)64(52-31-25-48(26-32-52)46-21-17-44(18-22-46)42-11-5-3-6-12-42)53-33-27-49(28-34-53)47-23-19-45(20-24-47)43-13-7-4-8-14-43/h2*3-41H,1-2H3. The van der Waals surface area contributed by atoms with Gasteiger partial charge in [0, 0.05) is 72.1 Å². The molecule has 2 aliphatic rings. The molecular weight excluding hydrogens is 1570 g/mol. The lowest BCUT2D eigenvalue weighted by atomic mass is 9.81. The van der Waals surface area contributed by atoms with Crippen LogP contribution in [0.15, 0.2) is 482 Å². The van der Waals surface area contributed by atoms with Crippen molar-refractivity contribution >= 4 is 78.0 Å². The molecule has 0 unspecified atom stereocenters. The molecule has 24 rings (SSSR count). The largest absolute Gasteiger partial charge is 0.456 e. The maximum Gasteiger partial charge on any atom is 0.143 e. The predicted octanol–water partition coefficient (Wildman–Crippen LogP) is 35.4. The molecule has 0 saturated carbocycles. The van der Waals surface area contributed by atoms with E-state index in [9.17, 15) is 0 Å². The summed E-state index contributed by atoms with van der Waals surface area (Å²) in [6.07, 6.45) is 0. The summed E-state index contributed by atoms with van der Waals surface area (Å²) in [6.45, 7) is 9.48. The van der Waals surface area contributed by atoms with Crippen LogP contribution < -0.4 is 9.80 Å². The van der Waals surface area contributed by atoms with Crippen LogP contribution in [0.2, 0.25) is 0 Å². The summed E-state index contributed by atoms with van der Waals surface area (Å²) >= 11 is 0. The van der Waals surface area contributed by atoms with Crippen LogP contribution in [0.5, 0.6) is 0 Å². The summed E-state index contributed by atoms with van der Waals surface area (Å²) in [5, 5.41) is 4.59. The second-order valence-corrected chi connectivity index (χ2v) is 35.5. The molecule has 0 aliphatic heterocycles. The summed E-state index contributed by atoms with van der Waals surface area (Å²) < 4.78 is 12.7. The molecule has 616 valence electrons. The first-order valence-electron chi connectivity index (χ1n) is 45.0. The van der Waals surface area contributed by atoms with Crippen LogP contribution in [0, 0.1) is 0 Å². The van der Waals surface area contributed by atoms with Crippen molar-refractivity contribution < 1.29 is 8.83 Å². The van der Waals surface area contributed by atoms with Crippen molar-refractivity contribution in [2.45, 2.75) is 38.5 Å². The number of rotatable bonds is 16. The van der Waals surface area contributed by atoms with Crippen molar-refractivity contribution in [3.63, 3.8) is 0 Å². The highest BCUT2D eigenvalue weighted by Crippen LogP contribution is 2.55. The van der Waals surface area contributed by atoms with Crippen LogP contribution in [0.1, 0.15) is 49.9 Å². The molecule has 20 aromatic carbocycles. The van der Waals surface area contributed by atoms with Gasteiger partial charge in [-0.15, -0.1) is 0 Å². The van der Waals surface area contributed by atoms with Gasteiger partial charge in [0.05, 0.1) is 0 Å². The quantitative estimate of drug-likeness (QED) is 0.0965. The molecule has 22 aromatic rings. The van der Waals surface area contributed by atoms with E-state index in [1.807, 2.05) is 18.2 Å². The molecule has 2 aromatic heterocycles. The van der Waals surface area contributed by atoms with Crippen LogP contribution in [0.25, 0.3) is 177 Å². The van der Waals surface area contributed by atoms with Gasteiger partial charge in [-0.05, 0) is 259 Å². The smallest absolute Gasteiger partial charge is 0.143 e. The third-order valence-electron chi connectivity index (χ3n) is 27.1. The molecule has 0 N–H and O–H groups in total. The Kier molecular flexibility index (Phi) is 19.6. The first kappa shape index (κ1) is 78.3. The summed E-state index contributed by atoms with van der Waals surface area (Å²) in [5.74, 6) is 0. The molecular formula is C126H90N2O2. The van der Waals surface area contributed by atoms with E-state index in [4.69, 9.17) is 8.83 Å². The summed E-state index contributed by atoms with van der Waals surface area (Å²) in [4.78, 5) is 4.80. The van der Waals surface area contributed by atoms with Crippen LogP contribution in [-0.4, -0.2) is 0 Å². The highest BCUT2D eigenvalue weighted by Gasteiger charge is 2.39. The van der Waals surface area contributed by atoms with Gasteiger partial charge in [0.2, 0.25) is 0 Å². The lowest BCUT2D eigenvalue weighted by Crippen LogP contribution is -2.16. The van der Waals surface area contributed by atoms with E-state index < -0.39 is 0 Å². The van der Waals surface area contributed by atoms with Gasteiger partial charge < -0.3 is 18.6 Å². The van der Waals surface area contributed by atoms with E-state index in [2.05, 4.69) is 492 Å². The third-order valence-corrected chi connectivity index (χ3v) is 27.1. The fourth-order valence-corrected chi connectivity index (χ4v) is 20.0. The van der Waals surface area contributed by atoms with E-state index in [0.717, 1.165) is 83.6 Å². The minimum Gasteiger partial charge on any atom is -0.456 e. The van der Waals surface area contributed by atoms with Gasteiger partial charge in [-0.3, -0.25) is 0 Å². The number of hydrogen-bond donors (Lipinski definition) is 0. The average molecular weight is 1660 g/mol. The molecule has 4 heteroatoms. The number of benzene rings is 20. The van der Waals surface area contributed by atoms with Crippen molar-refractivity contribution in [2.24, 2.45) is 0 Å². The predicted molar refractivity (Wildman–Crippen MR) is 546 cm³/mol. The van der Waals surface area contributed by atoms with E-state index in [1.54, 1.807) is 0 Å². The fourth-order valence-electron chi connectivity index (χ4n) is 20.0. The number of fused-ring (bicyclic) bond motifs is 12. The Morgan fingerprint density at radius 3 is 0.754 bits per heavy atom. The Morgan fingerprint density at radius 1 is 0.154 bits per heavy atom. The molecule has 0 amide bonds. The zero-order valence-electron chi connectivity index (χ0n) is 72.7. The second-order valence-electron chi connectivity index (χ2n) is 35.5. The normalized spacial score (nSPS) is 12.6. The monoisotopic (exact) mass is 1660 g/mol. The fraction of sp³-hybridized carbons (Fsp3) is 0.0476. The van der Waals surface area contributed by atoms with Crippen LogP contribution in [0.3, 0.4) is 0 Å². The minimum absolute atomic E-state index is 0.222. The lowest BCUT2D eigenvalue weighted by Gasteiger charge is -2.28. The first-order chi connectivity index (χ1) is 63.9. The highest BCUT2D eigenvalue weighted by atomic mass is 16.3. The lowest BCUT2D eigenvalue weighted by molar-refractivity contribution is 0.660. The van der Waals surface area contributed by atoms with Crippen LogP contribution in [-0.2, 0) is 10.8 Å². The molecule has 0 spiro atoms. The maximum atomic E-state index is 6.50. The summed E-state index contributed by atoms with van der Waals surface area (Å²) in [7, 11) is 0. The molecule has 0 bridgehead atoms. The Bertz CT molecular complexity index is 7710. The van der Waals surface area contributed by atoms with Crippen molar-refractivity contribution in [3.05, 3.63) is 495 Å². The molecule has 0 saturated heterocycles. The van der Waals surface area contributed by atoms with Gasteiger partial charge >= 0.3 is 0 Å². The number of hydrogen-bond acceptors (Lipinski definition) is 4. The van der Waals surface area contributed by atoms with Crippen molar-refractivity contribution in [2.75, 3.05) is 9.80 Å². The Hall–Kier alpha value is -16.4.